The molecule has 2 aliphatic rings. The summed E-state index contributed by atoms with van der Waals surface area (Å²) in [5.41, 5.74) is 3.64. The van der Waals surface area contributed by atoms with Gasteiger partial charge in [0.1, 0.15) is 11.7 Å². The standard InChI is InChI=1S/C22H30O4/c1-12-8-13(2)18(14(3)9-12)19-17(23)10-16(21(19)25)20(24)15-6-7-26-22(4,5)11-15/h8-9,15-16,19-20,24H,6-7,10-11H2,1-5H3. The summed E-state index contributed by atoms with van der Waals surface area (Å²) in [6.07, 6.45) is 0.815. The Morgan fingerprint density at radius 3 is 2.35 bits per heavy atom. The molecule has 1 aliphatic heterocycles. The number of aliphatic hydroxyl groups is 1. The molecule has 1 aliphatic carbocycles. The molecule has 3 rings (SSSR count). The van der Waals surface area contributed by atoms with Crippen LogP contribution in [0, 0.1) is 32.6 Å². The number of carbonyl (C=O) groups is 2. The fraction of sp³-hybridized carbons (Fsp3) is 0.636. The van der Waals surface area contributed by atoms with E-state index in [4.69, 9.17) is 4.74 Å². The molecule has 1 N–H and O–H groups in total. The van der Waals surface area contributed by atoms with E-state index >= 15 is 0 Å². The molecule has 4 atom stereocenters. The Morgan fingerprint density at radius 1 is 1.15 bits per heavy atom. The molecule has 4 nitrogen and oxygen atoms in total. The van der Waals surface area contributed by atoms with Crippen LogP contribution in [0.15, 0.2) is 12.1 Å². The van der Waals surface area contributed by atoms with Crippen molar-refractivity contribution in [3.8, 4) is 0 Å². The van der Waals surface area contributed by atoms with Crippen molar-refractivity contribution in [2.75, 3.05) is 6.61 Å². The van der Waals surface area contributed by atoms with Gasteiger partial charge in [0.2, 0.25) is 0 Å². The van der Waals surface area contributed by atoms with Crippen LogP contribution in [0.4, 0.5) is 0 Å². The van der Waals surface area contributed by atoms with Crippen LogP contribution in [-0.2, 0) is 14.3 Å². The van der Waals surface area contributed by atoms with Gasteiger partial charge in [-0.1, -0.05) is 17.7 Å². The van der Waals surface area contributed by atoms with Gasteiger partial charge >= 0.3 is 0 Å². The molecule has 1 aromatic rings. The largest absolute Gasteiger partial charge is 0.392 e. The van der Waals surface area contributed by atoms with Crippen LogP contribution < -0.4 is 0 Å². The number of aryl methyl sites for hydroxylation is 3. The summed E-state index contributed by atoms with van der Waals surface area (Å²) in [6, 6.07) is 4.04. The van der Waals surface area contributed by atoms with Gasteiger partial charge in [0.15, 0.2) is 5.78 Å². The highest BCUT2D eigenvalue weighted by Crippen LogP contribution is 2.41. The van der Waals surface area contributed by atoms with E-state index in [1.165, 1.54) is 0 Å². The zero-order valence-electron chi connectivity index (χ0n) is 16.5. The molecule has 1 heterocycles. The fourth-order valence-corrected chi connectivity index (χ4v) is 4.95. The molecule has 1 aromatic carbocycles. The molecule has 142 valence electrons. The van der Waals surface area contributed by atoms with E-state index in [0.717, 1.165) is 28.7 Å². The topological polar surface area (TPSA) is 63.6 Å². The van der Waals surface area contributed by atoms with Gasteiger partial charge in [0, 0.05) is 13.0 Å². The number of benzene rings is 1. The Hall–Kier alpha value is -1.52. The van der Waals surface area contributed by atoms with Crippen LogP contribution in [0.25, 0.3) is 0 Å². The SMILES string of the molecule is Cc1cc(C)c(C2C(=O)CC(C(O)C3CCOC(C)(C)C3)C2=O)c(C)c1. The van der Waals surface area contributed by atoms with Crippen molar-refractivity contribution in [2.24, 2.45) is 11.8 Å². The quantitative estimate of drug-likeness (QED) is 0.841. The monoisotopic (exact) mass is 358 g/mol. The first-order valence-electron chi connectivity index (χ1n) is 9.57. The summed E-state index contributed by atoms with van der Waals surface area (Å²) in [6.45, 7) is 10.5. The van der Waals surface area contributed by atoms with Crippen molar-refractivity contribution in [1.82, 2.24) is 0 Å². The number of hydrogen-bond donors (Lipinski definition) is 1. The first-order chi connectivity index (χ1) is 12.1. The fourth-order valence-electron chi connectivity index (χ4n) is 4.95. The lowest BCUT2D eigenvalue weighted by molar-refractivity contribution is -0.132. The van der Waals surface area contributed by atoms with Crippen molar-refractivity contribution < 1.29 is 19.4 Å². The van der Waals surface area contributed by atoms with E-state index in [-0.39, 0.29) is 29.5 Å². The van der Waals surface area contributed by atoms with E-state index < -0.39 is 17.9 Å². The number of Topliss-reactive ketones (excluding diaryl/α,β-unsaturated/α-hetero) is 2. The van der Waals surface area contributed by atoms with Crippen LogP contribution in [0.1, 0.15) is 61.3 Å². The number of hydrogen-bond acceptors (Lipinski definition) is 4. The Morgan fingerprint density at radius 2 is 1.77 bits per heavy atom. The van der Waals surface area contributed by atoms with E-state index in [0.29, 0.717) is 13.0 Å². The second kappa shape index (κ2) is 6.90. The molecule has 26 heavy (non-hydrogen) atoms. The Balaban J connectivity index is 1.85. The van der Waals surface area contributed by atoms with Crippen LogP contribution >= 0.6 is 0 Å². The lowest BCUT2D eigenvalue weighted by atomic mass is 9.78. The molecule has 1 saturated carbocycles. The summed E-state index contributed by atoms with van der Waals surface area (Å²) < 4.78 is 5.73. The molecular weight excluding hydrogens is 328 g/mol. The summed E-state index contributed by atoms with van der Waals surface area (Å²) in [7, 11) is 0. The maximum absolute atomic E-state index is 13.1. The molecular formula is C22H30O4. The summed E-state index contributed by atoms with van der Waals surface area (Å²) in [5, 5.41) is 10.9. The normalized spacial score (nSPS) is 29.8. The maximum atomic E-state index is 13.1. The molecule has 1 saturated heterocycles. The van der Waals surface area contributed by atoms with E-state index in [1.54, 1.807) is 0 Å². The van der Waals surface area contributed by atoms with Gasteiger partial charge in [0.05, 0.1) is 17.6 Å². The molecule has 0 bridgehead atoms. The predicted octanol–water partition coefficient (Wildman–Crippen LogP) is 3.42. The lowest BCUT2D eigenvalue weighted by Gasteiger charge is -2.38. The first kappa shape index (κ1) is 19.2. The Labute approximate surface area is 155 Å². The third kappa shape index (κ3) is 3.49. The first-order valence-corrected chi connectivity index (χ1v) is 9.57. The molecule has 0 aromatic heterocycles. The number of rotatable bonds is 3. The highest BCUT2D eigenvalue weighted by molar-refractivity contribution is 6.15. The van der Waals surface area contributed by atoms with Crippen molar-refractivity contribution in [1.29, 1.82) is 0 Å². The second-order valence-corrected chi connectivity index (χ2v) is 8.78. The number of ketones is 2. The average Bonchev–Trinajstić information content (AvgIpc) is 2.81. The molecule has 0 spiro atoms. The highest BCUT2D eigenvalue weighted by atomic mass is 16.5. The van der Waals surface area contributed by atoms with Crippen LogP contribution in [0.2, 0.25) is 0 Å². The van der Waals surface area contributed by atoms with Gasteiger partial charge < -0.3 is 9.84 Å². The third-order valence-electron chi connectivity index (χ3n) is 6.05. The van der Waals surface area contributed by atoms with Crippen LogP contribution in [-0.4, -0.2) is 35.0 Å². The van der Waals surface area contributed by atoms with E-state index in [1.807, 2.05) is 46.8 Å². The van der Waals surface area contributed by atoms with Gasteiger partial charge in [-0.3, -0.25) is 9.59 Å². The summed E-state index contributed by atoms with van der Waals surface area (Å²) >= 11 is 0. The molecule has 0 amide bonds. The number of carbonyl (C=O) groups excluding carboxylic acids is 2. The molecule has 4 heteroatoms. The third-order valence-corrected chi connectivity index (χ3v) is 6.05. The zero-order valence-corrected chi connectivity index (χ0v) is 16.5. The zero-order chi connectivity index (χ0) is 19.2. The minimum atomic E-state index is -0.773. The molecule has 2 fully saturated rings. The van der Waals surface area contributed by atoms with Gasteiger partial charge in [-0.05, 0) is 70.1 Å². The Bertz CT molecular complexity index is 711. The molecule has 4 unspecified atom stereocenters. The van der Waals surface area contributed by atoms with Crippen molar-refractivity contribution in [3.63, 3.8) is 0 Å². The maximum Gasteiger partial charge on any atom is 0.153 e. The average molecular weight is 358 g/mol. The lowest BCUT2D eigenvalue weighted by Crippen LogP contribution is -2.42. The smallest absolute Gasteiger partial charge is 0.153 e. The Kier molecular flexibility index (Phi) is 5.11. The van der Waals surface area contributed by atoms with E-state index in [2.05, 4.69) is 0 Å². The second-order valence-electron chi connectivity index (χ2n) is 8.78. The minimum absolute atomic E-state index is 0.000498. The van der Waals surface area contributed by atoms with Gasteiger partial charge in [0.25, 0.3) is 0 Å². The van der Waals surface area contributed by atoms with Crippen molar-refractivity contribution in [3.05, 3.63) is 34.4 Å². The van der Waals surface area contributed by atoms with Gasteiger partial charge in [-0.2, -0.15) is 0 Å². The summed E-state index contributed by atoms with van der Waals surface area (Å²) in [4.78, 5) is 25.9. The van der Waals surface area contributed by atoms with Crippen LogP contribution in [0.3, 0.4) is 0 Å². The van der Waals surface area contributed by atoms with E-state index in [9.17, 15) is 14.7 Å². The number of ether oxygens (including phenoxy) is 1. The van der Waals surface area contributed by atoms with Crippen LogP contribution in [0.5, 0.6) is 0 Å². The number of aliphatic hydroxyl groups excluding tert-OH is 1. The molecule has 0 radical (unpaired) electrons. The predicted molar refractivity (Wildman–Crippen MR) is 100 cm³/mol. The van der Waals surface area contributed by atoms with Crippen molar-refractivity contribution >= 4 is 11.6 Å². The van der Waals surface area contributed by atoms with Crippen molar-refractivity contribution in [2.45, 2.75) is 71.5 Å². The van der Waals surface area contributed by atoms with Gasteiger partial charge in [-0.25, -0.2) is 0 Å². The minimum Gasteiger partial charge on any atom is -0.392 e. The summed E-state index contributed by atoms with van der Waals surface area (Å²) in [5.74, 6) is -1.48. The highest BCUT2D eigenvalue weighted by Gasteiger charge is 2.48. The van der Waals surface area contributed by atoms with Gasteiger partial charge in [-0.15, -0.1) is 0 Å².